The summed E-state index contributed by atoms with van der Waals surface area (Å²) in [5.41, 5.74) is 1.26. The molecule has 0 aromatic heterocycles. The molecule has 0 radical (unpaired) electrons. The summed E-state index contributed by atoms with van der Waals surface area (Å²) in [4.78, 5) is 11.6. The molecule has 1 amide bonds. The molecule has 1 aromatic carbocycles. The van der Waals surface area contributed by atoms with Crippen molar-refractivity contribution >= 4 is 5.91 Å². The predicted molar refractivity (Wildman–Crippen MR) is 63.7 cm³/mol. The molecule has 4 nitrogen and oxygen atoms in total. The van der Waals surface area contributed by atoms with Gasteiger partial charge >= 0.3 is 0 Å². The quantitative estimate of drug-likeness (QED) is 0.652. The van der Waals surface area contributed by atoms with Crippen molar-refractivity contribution in [3.63, 3.8) is 0 Å². The lowest BCUT2D eigenvalue weighted by Gasteiger charge is -2.06. The zero-order chi connectivity index (χ0) is 12.0. The van der Waals surface area contributed by atoms with Crippen LogP contribution in [0.1, 0.15) is 22.3 Å². The highest BCUT2D eigenvalue weighted by Crippen LogP contribution is 2.17. The van der Waals surface area contributed by atoms with Gasteiger partial charge in [0.15, 0.2) is 0 Å². The summed E-state index contributed by atoms with van der Waals surface area (Å²) in [5.74, 6) is 0.00859. The number of hydrogen-bond acceptors (Lipinski definition) is 3. The van der Waals surface area contributed by atoms with E-state index in [2.05, 4.69) is 10.6 Å². The largest absolute Gasteiger partial charge is 0.508 e. The average Bonchev–Trinajstić information content (AvgIpc) is 2.28. The van der Waals surface area contributed by atoms with Crippen LogP contribution in [0.3, 0.4) is 0 Å². The molecule has 0 aliphatic heterocycles. The second-order valence-corrected chi connectivity index (χ2v) is 3.71. The number of carbonyl (C=O) groups is 1. The summed E-state index contributed by atoms with van der Waals surface area (Å²) in [6, 6.07) is 4.93. The average molecular weight is 222 g/mol. The Morgan fingerprint density at radius 3 is 2.75 bits per heavy atom. The van der Waals surface area contributed by atoms with Crippen molar-refractivity contribution < 1.29 is 9.90 Å². The molecule has 4 heteroatoms. The molecule has 0 spiro atoms. The number of carbonyl (C=O) groups excluding carboxylic acids is 1. The Hall–Kier alpha value is -1.55. The third kappa shape index (κ3) is 3.55. The van der Waals surface area contributed by atoms with Crippen molar-refractivity contribution in [3.05, 3.63) is 29.3 Å². The molecule has 16 heavy (non-hydrogen) atoms. The smallest absolute Gasteiger partial charge is 0.251 e. The monoisotopic (exact) mass is 222 g/mol. The molecule has 0 saturated carbocycles. The van der Waals surface area contributed by atoms with Crippen LogP contribution < -0.4 is 10.6 Å². The highest BCUT2D eigenvalue weighted by atomic mass is 16.3. The van der Waals surface area contributed by atoms with Crippen LogP contribution in [0.15, 0.2) is 18.2 Å². The van der Waals surface area contributed by atoms with Crippen molar-refractivity contribution in [2.24, 2.45) is 0 Å². The molecule has 0 fully saturated rings. The number of benzene rings is 1. The van der Waals surface area contributed by atoms with Gasteiger partial charge in [-0.05, 0) is 44.6 Å². The SMILES string of the molecule is CNCCCNC(=O)c1ccc(C)c(O)c1. The van der Waals surface area contributed by atoms with E-state index in [0.29, 0.717) is 12.1 Å². The van der Waals surface area contributed by atoms with Crippen LogP contribution in [0.25, 0.3) is 0 Å². The minimum Gasteiger partial charge on any atom is -0.508 e. The summed E-state index contributed by atoms with van der Waals surface area (Å²) in [5, 5.41) is 15.3. The Kier molecular flexibility index (Phi) is 4.79. The number of phenols is 1. The molecular formula is C12H18N2O2. The minimum absolute atomic E-state index is 0.147. The molecular weight excluding hydrogens is 204 g/mol. The fraction of sp³-hybridized carbons (Fsp3) is 0.417. The van der Waals surface area contributed by atoms with Crippen molar-refractivity contribution in [1.82, 2.24) is 10.6 Å². The van der Waals surface area contributed by atoms with Gasteiger partial charge < -0.3 is 15.7 Å². The molecule has 3 N–H and O–H groups in total. The first-order chi connectivity index (χ1) is 7.65. The van der Waals surface area contributed by atoms with Gasteiger partial charge in [-0.1, -0.05) is 6.07 Å². The highest BCUT2D eigenvalue weighted by Gasteiger charge is 2.06. The molecule has 1 aromatic rings. The van der Waals surface area contributed by atoms with Crippen LogP contribution in [-0.4, -0.2) is 31.2 Å². The maximum absolute atomic E-state index is 11.6. The maximum atomic E-state index is 11.6. The van der Waals surface area contributed by atoms with Gasteiger partial charge in [0.2, 0.25) is 0 Å². The normalized spacial score (nSPS) is 10.1. The number of nitrogens with one attached hydrogen (secondary N) is 2. The number of phenolic OH excluding ortho intramolecular Hbond substituents is 1. The van der Waals surface area contributed by atoms with Crippen molar-refractivity contribution in [2.75, 3.05) is 20.1 Å². The van der Waals surface area contributed by atoms with Gasteiger partial charge in [-0.25, -0.2) is 0 Å². The second-order valence-electron chi connectivity index (χ2n) is 3.71. The Bertz CT molecular complexity index is 364. The summed E-state index contributed by atoms with van der Waals surface area (Å²) in [7, 11) is 1.87. The van der Waals surface area contributed by atoms with E-state index in [9.17, 15) is 9.90 Å². The van der Waals surface area contributed by atoms with Gasteiger partial charge in [-0.2, -0.15) is 0 Å². The lowest BCUT2D eigenvalue weighted by molar-refractivity contribution is 0.0953. The summed E-state index contributed by atoms with van der Waals surface area (Å²) >= 11 is 0. The van der Waals surface area contributed by atoms with Gasteiger partial charge in [-0.15, -0.1) is 0 Å². The molecule has 0 saturated heterocycles. The first-order valence-corrected chi connectivity index (χ1v) is 5.37. The molecule has 0 aliphatic carbocycles. The Morgan fingerprint density at radius 1 is 1.38 bits per heavy atom. The third-order valence-electron chi connectivity index (χ3n) is 2.36. The molecule has 0 atom stereocenters. The van der Waals surface area contributed by atoms with Crippen molar-refractivity contribution in [2.45, 2.75) is 13.3 Å². The molecule has 0 aliphatic rings. The molecule has 0 bridgehead atoms. The lowest BCUT2D eigenvalue weighted by atomic mass is 10.1. The van der Waals surface area contributed by atoms with E-state index >= 15 is 0 Å². The van der Waals surface area contributed by atoms with E-state index in [1.165, 1.54) is 6.07 Å². The van der Waals surface area contributed by atoms with E-state index in [1.807, 2.05) is 7.05 Å². The van der Waals surface area contributed by atoms with Crippen molar-refractivity contribution in [1.29, 1.82) is 0 Å². The van der Waals surface area contributed by atoms with Crippen molar-refractivity contribution in [3.8, 4) is 5.75 Å². The summed E-state index contributed by atoms with van der Waals surface area (Å²) in [6.45, 7) is 3.30. The number of rotatable bonds is 5. The Morgan fingerprint density at radius 2 is 2.12 bits per heavy atom. The Labute approximate surface area is 95.7 Å². The van der Waals surface area contributed by atoms with E-state index in [1.54, 1.807) is 19.1 Å². The van der Waals surface area contributed by atoms with Gasteiger partial charge in [0.05, 0.1) is 0 Å². The Balaban J connectivity index is 2.50. The molecule has 0 unspecified atom stereocenters. The van der Waals surface area contributed by atoms with Crippen LogP contribution >= 0.6 is 0 Å². The van der Waals surface area contributed by atoms with E-state index in [-0.39, 0.29) is 11.7 Å². The topological polar surface area (TPSA) is 61.4 Å². The van der Waals surface area contributed by atoms with E-state index < -0.39 is 0 Å². The number of aryl methyl sites for hydroxylation is 1. The number of aromatic hydroxyl groups is 1. The predicted octanol–water partition coefficient (Wildman–Crippen LogP) is 1.04. The molecule has 0 heterocycles. The van der Waals surface area contributed by atoms with Crippen LogP contribution in [-0.2, 0) is 0 Å². The summed E-state index contributed by atoms with van der Waals surface area (Å²) < 4.78 is 0. The first-order valence-electron chi connectivity index (χ1n) is 5.37. The zero-order valence-electron chi connectivity index (χ0n) is 9.71. The number of hydrogen-bond donors (Lipinski definition) is 3. The van der Waals surface area contributed by atoms with E-state index in [4.69, 9.17) is 0 Å². The van der Waals surface area contributed by atoms with Crippen LogP contribution in [0.5, 0.6) is 5.75 Å². The first kappa shape index (κ1) is 12.5. The number of amides is 1. The lowest BCUT2D eigenvalue weighted by Crippen LogP contribution is -2.26. The van der Waals surface area contributed by atoms with Gasteiger partial charge in [0, 0.05) is 12.1 Å². The fourth-order valence-electron chi connectivity index (χ4n) is 1.32. The summed E-state index contributed by atoms with van der Waals surface area (Å²) in [6.07, 6.45) is 0.889. The van der Waals surface area contributed by atoms with Crippen LogP contribution in [0.4, 0.5) is 0 Å². The second kappa shape index (κ2) is 6.12. The van der Waals surface area contributed by atoms with Gasteiger partial charge in [-0.3, -0.25) is 4.79 Å². The van der Waals surface area contributed by atoms with Crippen LogP contribution in [0, 0.1) is 6.92 Å². The molecule has 88 valence electrons. The van der Waals surface area contributed by atoms with E-state index in [0.717, 1.165) is 18.5 Å². The molecule has 1 rings (SSSR count). The standard InChI is InChI=1S/C12H18N2O2/c1-9-4-5-10(8-11(9)15)12(16)14-7-3-6-13-2/h4-5,8,13,15H,3,6-7H2,1-2H3,(H,14,16). The van der Waals surface area contributed by atoms with Gasteiger partial charge in [0.1, 0.15) is 5.75 Å². The maximum Gasteiger partial charge on any atom is 0.251 e. The fourth-order valence-corrected chi connectivity index (χ4v) is 1.32. The minimum atomic E-state index is -0.147. The van der Waals surface area contributed by atoms with Gasteiger partial charge in [0.25, 0.3) is 5.91 Å². The van der Waals surface area contributed by atoms with Crippen LogP contribution in [0.2, 0.25) is 0 Å². The zero-order valence-corrected chi connectivity index (χ0v) is 9.71. The third-order valence-corrected chi connectivity index (χ3v) is 2.36. The highest BCUT2D eigenvalue weighted by molar-refractivity contribution is 5.94.